The van der Waals surface area contributed by atoms with Crippen molar-refractivity contribution in [2.75, 3.05) is 26.0 Å². The number of nitrogens with two attached hydrogens (primary N) is 1. The number of rotatable bonds is 5. The van der Waals surface area contributed by atoms with Gasteiger partial charge in [-0.2, -0.15) is 0 Å². The van der Waals surface area contributed by atoms with Crippen molar-refractivity contribution < 1.29 is 23.4 Å². The van der Waals surface area contributed by atoms with Crippen LogP contribution in [0.1, 0.15) is 10.4 Å². The van der Waals surface area contributed by atoms with Gasteiger partial charge in [-0.15, -0.1) is 0 Å². The standard InChI is InChI=1S/C11H14F2N2O3/c1-18-9-3-2-7(4-8(9)14)10(17)15-5-11(12,13)6-16/h2-4,16H,5-6,14H2,1H3,(H,15,17). The zero-order valence-corrected chi connectivity index (χ0v) is 9.74. The molecule has 0 fully saturated rings. The highest BCUT2D eigenvalue weighted by atomic mass is 19.3. The van der Waals surface area contributed by atoms with Crippen LogP contribution < -0.4 is 15.8 Å². The maximum atomic E-state index is 12.7. The normalized spacial score (nSPS) is 11.1. The number of methoxy groups -OCH3 is 1. The molecule has 0 aliphatic heterocycles. The van der Waals surface area contributed by atoms with E-state index in [0.717, 1.165) is 0 Å². The summed E-state index contributed by atoms with van der Waals surface area (Å²) in [5.41, 5.74) is 5.96. The van der Waals surface area contributed by atoms with Crippen LogP contribution in [0.3, 0.4) is 0 Å². The Hall–Kier alpha value is -1.89. The van der Waals surface area contributed by atoms with E-state index >= 15 is 0 Å². The van der Waals surface area contributed by atoms with Gasteiger partial charge in [0.15, 0.2) is 0 Å². The van der Waals surface area contributed by atoms with E-state index in [2.05, 4.69) is 0 Å². The number of benzene rings is 1. The highest BCUT2D eigenvalue weighted by molar-refractivity contribution is 5.95. The van der Waals surface area contributed by atoms with Gasteiger partial charge in [0.1, 0.15) is 12.4 Å². The van der Waals surface area contributed by atoms with Crippen molar-refractivity contribution >= 4 is 11.6 Å². The molecular weight excluding hydrogens is 246 g/mol. The lowest BCUT2D eigenvalue weighted by Crippen LogP contribution is -2.38. The topological polar surface area (TPSA) is 84.6 Å². The molecule has 1 aromatic rings. The van der Waals surface area contributed by atoms with E-state index in [4.69, 9.17) is 15.6 Å². The maximum absolute atomic E-state index is 12.7. The molecule has 0 heterocycles. The van der Waals surface area contributed by atoms with E-state index in [0.29, 0.717) is 5.75 Å². The monoisotopic (exact) mass is 260 g/mol. The van der Waals surface area contributed by atoms with Gasteiger partial charge in [-0.25, -0.2) is 8.78 Å². The lowest BCUT2D eigenvalue weighted by Gasteiger charge is -2.14. The number of anilines is 1. The molecule has 5 nitrogen and oxygen atoms in total. The average molecular weight is 260 g/mol. The number of amides is 1. The molecule has 100 valence electrons. The number of carbonyl (C=O) groups is 1. The first-order valence-electron chi connectivity index (χ1n) is 5.10. The van der Waals surface area contributed by atoms with E-state index in [9.17, 15) is 13.6 Å². The second kappa shape index (κ2) is 5.63. The molecule has 0 spiro atoms. The van der Waals surface area contributed by atoms with Crippen molar-refractivity contribution in [1.82, 2.24) is 5.32 Å². The van der Waals surface area contributed by atoms with Crippen LogP contribution in [0.2, 0.25) is 0 Å². The highest BCUT2D eigenvalue weighted by Gasteiger charge is 2.28. The second-order valence-electron chi connectivity index (χ2n) is 3.65. The van der Waals surface area contributed by atoms with Crippen molar-refractivity contribution in [3.63, 3.8) is 0 Å². The fraction of sp³-hybridized carbons (Fsp3) is 0.364. The summed E-state index contributed by atoms with van der Waals surface area (Å²) in [5.74, 6) is -3.64. The van der Waals surface area contributed by atoms with Gasteiger partial charge in [0, 0.05) is 5.56 Å². The van der Waals surface area contributed by atoms with Crippen molar-refractivity contribution in [3.05, 3.63) is 23.8 Å². The van der Waals surface area contributed by atoms with Crippen molar-refractivity contribution in [2.45, 2.75) is 5.92 Å². The molecule has 0 aromatic heterocycles. The third-order valence-electron chi connectivity index (χ3n) is 2.23. The number of nitrogen functional groups attached to an aromatic ring is 1. The Bertz CT molecular complexity index is 438. The van der Waals surface area contributed by atoms with Crippen LogP contribution in [0, 0.1) is 0 Å². The third-order valence-corrected chi connectivity index (χ3v) is 2.23. The number of hydrogen-bond donors (Lipinski definition) is 3. The van der Waals surface area contributed by atoms with Crippen molar-refractivity contribution in [2.24, 2.45) is 0 Å². The number of ether oxygens (including phenoxy) is 1. The van der Waals surface area contributed by atoms with Crippen LogP contribution in [0.5, 0.6) is 5.75 Å². The Morgan fingerprint density at radius 1 is 1.56 bits per heavy atom. The average Bonchev–Trinajstić information content (AvgIpc) is 2.36. The molecule has 0 unspecified atom stereocenters. The first-order chi connectivity index (χ1) is 8.39. The van der Waals surface area contributed by atoms with Crippen LogP contribution >= 0.6 is 0 Å². The molecule has 0 aliphatic rings. The Morgan fingerprint density at radius 2 is 2.22 bits per heavy atom. The molecule has 7 heteroatoms. The quantitative estimate of drug-likeness (QED) is 0.678. The van der Waals surface area contributed by atoms with Gasteiger partial charge >= 0.3 is 0 Å². The zero-order valence-electron chi connectivity index (χ0n) is 9.74. The first-order valence-corrected chi connectivity index (χ1v) is 5.10. The van der Waals surface area contributed by atoms with Crippen LogP contribution in [-0.2, 0) is 0 Å². The van der Waals surface area contributed by atoms with E-state index in [1.54, 1.807) is 0 Å². The van der Waals surface area contributed by atoms with Gasteiger partial charge in [0.25, 0.3) is 11.8 Å². The summed E-state index contributed by atoms with van der Waals surface area (Å²) in [6, 6.07) is 4.20. The summed E-state index contributed by atoms with van der Waals surface area (Å²) in [6.07, 6.45) is 0. The van der Waals surface area contributed by atoms with Gasteiger partial charge in [-0.3, -0.25) is 4.79 Å². The SMILES string of the molecule is COc1ccc(C(=O)NCC(F)(F)CO)cc1N. The van der Waals surface area contributed by atoms with Gasteiger partial charge in [-0.1, -0.05) is 0 Å². The molecule has 0 bridgehead atoms. The van der Waals surface area contributed by atoms with E-state index in [-0.39, 0.29) is 11.3 Å². The Balaban J connectivity index is 2.71. The number of halogens is 2. The van der Waals surface area contributed by atoms with E-state index in [1.165, 1.54) is 25.3 Å². The molecule has 0 saturated heterocycles. The van der Waals surface area contributed by atoms with Crippen LogP contribution in [0.15, 0.2) is 18.2 Å². The second-order valence-corrected chi connectivity index (χ2v) is 3.65. The molecular formula is C11H14F2N2O3. The molecule has 0 atom stereocenters. The lowest BCUT2D eigenvalue weighted by molar-refractivity contribution is -0.0462. The fourth-order valence-corrected chi connectivity index (χ4v) is 1.24. The van der Waals surface area contributed by atoms with Crippen molar-refractivity contribution in [1.29, 1.82) is 0 Å². The van der Waals surface area contributed by atoms with Crippen LogP contribution in [0.25, 0.3) is 0 Å². The predicted molar refractivity (Wildman–Crippen MR) is 61.8 cm³/mol. The molecule has 1 aromatic carbocycles. The number of aliphatic hydroxyl groups is 1. The highest BCUT2D eigenvalue weighted by Crippen LogP contribution is 2.21. The summed E-state index contributed by atoms with van der Waals surface area (Å²) < 4.78 is 30.3. The maximum Gasteiger partial charge on any atom is 0.287 e. The molecule has 0 radical (unpaired) electrons. The smallest absolute Gasteiger partial charge is 0.287 e. The van der Waals surface area contributed by atoms with E-state index < -0.39 is 25.0 Å². The summed E-state index contributed by atoms with van der Waals surface area (Å²) in [4.78, 5) is 11.5. The third kappa shape index (κ3) is 3.56. The minimum atomic E-state index is -3.34. The number of hydrogen-bond acceptors (Lipinski definition) is 4. The summed E-state index contributed by atoms with van der Waals surface area (Å²) in [6.45, 7) is -2.26. The summed E-state index contributed by atoms with van der Waals surface area (Å²) in [7, 11) is 1.42. The first kappa shape index (κ1) is 14.2. The molecule has 4 N–H and O–H groups in total. The largest absolute Gasteiger partial charge is 0.495 e. The Morgan fingerprint density at radius 3 is 2.72 bits per heavy atom. The number of nitrogens with one attached hydrogen (secondary N) is 1. The fourth-order valence-electron chi connectivity index (χ4n) is 1.24. The summed E-state index contributed by atoms with van der Waals surface area (Å²) in [5, 5.41) is 10.4. The molecule has 1 amide bonds. The molecule has 1 rings (SSSR count). The molecule has 0 aliphatic carbocycles. The minimum Gasteiger partial charge on any atom is -0.495 e. The van der Waals surface area contributed by atoms with E-state index in [1.807, 2.05) is 5.32 Å². The van der Waals surface area contributed by atoms with Gasteiger partial charge in [0.05, 0.1) is 19.3 Å². The molecule has 0 saturated carbocycles. The lowest BCUT2D eigenvalue weighted by atomic mass is 10.1. The zero-order chi connectivity index (χ0) is 13.8. The van der Waals surface area contributed by atoms with Crippen LogP contribution in [0.4, 0.5) is 14.5 Å². The van der Waals surface area contributed by atoms with Crippen LogP contribution in [-0.4, -0.2) is 37.2 Å². The molecule has 18 heavy (non-hydrogen) atoms. The Kier molecular flexibility index (Phi) is 4.43. The van der Waals surface area contributed by atoms with Gasteiger partial charge in [-0.05, 0) is 18.2 Å². The number of alkyl halides is 2. The number of aliphatic hydroxyl groups excluding tert-OH is 1. The van der Waals surface area contributed by atoms with Crippen molar-refractivity contribution in [3.8, 4) is 5.75 Å². The predicted octanol–water partition coefficient (Wildman–Crippen LogP) is 0.635. The number of carbonyl (C=O) groups excluding carboxylic acids is 1. The summed E-state index contributed by atoms with van der Waals surface area (Å²) >= 11 is 0. The minimum absolute atomic E-state index is 0.141. The Labute approximate surface area is 103 Å². The van der Waals surface area contributed by atoms with Gasteiger partial charge in [0.2, 0.25) is 0 Å². The van der Waals surface area contributed by atoms with Gasteiger partial charge < -0.3 is 20.9 Å².